The predicted octanol–water partition coefficient (Wildman–Crippen LogP) is 4.80. The number of alkyl halides is 1. The molecule has 0 aromatic heterocycles. The van der Waals surface area contributed by atoms with Gasteiger partial charge in [-0.2, -0.15) is 0 Å². The number of benzene rings is 1. The van der Waals surface area contributed by atoms with Crippen LogP contribution in [0.5, 0.6) is 5.75 Å². The molecule has 100 valence electrons. The highest BCUT2D eigenvalue weighted by atomic mass is 35.5. The van der Waals surface area contributed by atoms with E-state index in [0.29, 0.717) is 11.7 Å². The van der Waals surface area contributed by atoms with Gasteiger partial charge < -0.3 is 4.74 Å². The molecule has 2 rings (SSSR count). The molecule has 1 aliphatic rings. The Bertz CT molecular complexity index is 454. The third kappa shape index (κ3) is 1.82. The van der Waals surface area contributed by atoms with Crippen molar-refractivity contribution in [2.45, 2.75) is 33.1 Å². The van der Waals surface area contributed by atoms with E-state index in [2.05, 4.69) is 27.7 Å². The highest BCUT2D eigenvalue weighted by Crippen LogP contribution is 2.73. The van der Waals surface area contributed by atoms with Gasteiger partial charge in [0.1, 0.15) is 11.6 Å². The van der Waals surface area contributed by atoms with E-state index in [1.54, 1.807) is 13.2 Å². The molecule has 1 atom stereocenters. The van der Waals surface area contributed by atoms with Crippen molar-refractivity contribution in [2.75, 3.05) is 7.11 Å². The molecule has 0 aliphatic heterocycles. The predicted molar refractivity (Wildman–Crippen MR) is 72.6 cm³/mol. The Hall–Kier alpha value is -0.760. The lowest BCUT2D eigenvalue weighted by molar-refractivity contribution is 0.404. The van der Waals surface area contributed by atoms with Gasteiger partial charge in [-0.3, -0.25) is 0 Å². The van der Waals surface area contributed by atoms with Crippen LogP contribution in [-0.4, -0.2) is 7.11 Å². The first-order valence-electron chi connectivity index (χ1n) is 6.21. The topological polar surface area (TPSA) is 9.23 Å². The monoisotopic (exact) mass is 270 g/mol. The quantitative estimate of drug-likeness (QED) is 0.717. The SMILES string of the molecule is COc1ccc(F)cc1C(Cl)C1C(C)(C)C1(C)C. The van der Waals surface area contributed by atoms with Gasteiger partial charge in [0.25, 0.3) is 0 Å². The molecule has 1 nitrogen and oxygen atoms in total. The van der Waals surface area contributed by atoms with E-state index < -0.39 is 0 Å². The number of ether oxygens (including phenoxy) is 1. The average Bonchev–Trinajstić information content (AvgIpc) is 2.68. The maximum absolute atomic E-state index is 13.4. The molecular formula is C15H20ClFO. The van der Waals surface area contributed by atoms with E-state index in [1.807, 2.05) is 0 Å². The first-order chi connectivity index (χ1) is 8.23. The molecule has 1 aliphatic carbocycles. The summed E-state index contributed by atoms with van der Waals surface area (Å²) < 4.78 is 18.7. The first kappa shape index (κ1) is 13.7. The molecule has 0 saturated heterocycles. The number of methoxy groups -OCH3 is 1. The van der Waals surface area contributed by atoms with E-state index in [0.717, 1.165) is 5.56 Å². The second-order valence-electron chi connectivity index (χ2n) is 6.21. The Morgan fingerprint density at radius 1 is 1.22 bits per heavy atom. The molecular weight excluding hydrogens is 251 g/mol. The van der Waals surface area contributed by atoms with Crippen molar-refractivity contribution in [3.8, 4) is 5.75 Å². The second-order valence-corrected chi connectivity index (χ2v) is 6.68. The second kappa shape index (κ2) is 4.12. The number of hydrogen-bond donors (Lipinski definition) is 0. The fraction of sp³-hybridized carbons (Fsp3) is 0.600. The van der Waals surface area contributed by atoms with Gasteiger partial charge in [0.2, 0.25) is 0 Å². The summed E-state index contributed by atoms with van der Waals surface area (Å²) in [6.45, 7) is 8.83. The molecule has 0 amide bonds. The molecule has 0 spiro atoms. The number of rotatable bonds is 3. The van der Waals surface area contributed by atoms with Gasteiger partial charge in [0.05, 0.1) is 12.5 Å². The molecule has 1 saturated carbocycles. The molecule has 1 fully saturated rings. The molecule has 3 heteroatoms. The van der Waals surface area contributed by atoms with Crippen LogP contribution in [0.2, 0.25) is 0 Å². The van der Waals surface area contributed by atoms with Crippen LogP contribution in [-0.2, 0) is 0 Å². The zero-order chi connectivity index (χ0) is 13.7. The number of halogens is 2. The highest BCUT2D eigenvalue weighted by molar-refractivity contribution is 6.21. The normalized spacial score (nSPS) is 22.6. The van der Waals surface area contributed by atoms with E-state index in [4.69, 9.17) is 16.3 Å². The summed E-state index contributed by atoms with van der Waals surface area (Å²) in [5, 5.41) is -0.222. The lowest BCUT2D eigenvalue weighted by Crippen LogP contribution is -2.03. The van der Waals surface area contributed by atoms with Gasteiger partial charge >= 0.3 is 0 Å². The van der Waals surface area contributed by atoms with E-state index in [-0.39, 0.29) is 22.0 Å². The van der Waals surface area contributed by atoms with Crippen molar-refractivity contribution in [3.05, 3.63) is 29.6 Å². The summed E-state index contributed by atoms with van der Waals surface area (Å²) in [5.41, 5.74) is 1.08. The van der Waals surface area contributed by atoms with Crippen molar-refractivity contribution >= 4 is 11.6 Å². The number of hydrogen-bond acceptors (Lipinski definition) is 1. The van der Waals surface area contributed by atoms with Crippen LogP contribution in [0.25, 0.3) is 0 Å². The maximum Gasteiger partial charge on any atom is 0.123 e. The molecule has 0 N–H and O–H groups in total. The Kier molecular flexibility index (Phi) is 3.13. The largest absolute Gasteiger partial charge is 0.496 e. The van der Waals surface area contributed by atoms with Crippen LogP contribution < -0.4 is 4.74 Å². The van der Waals surface area contributed by atoms with Crippen molar-refractivity contribution in [3.63, 3.8) is 0 Å². The van der Waals surface area contributed by atoms with Gasteiger partial charge in [-0.1, -0.05) is 27.7 Å². The lowest BCUT2D eigenvalue weighted by Gasteiger charge is -2.16. The van der Waals surface area contributed by atoms with Crippen LogP contribution in [0, 0.1) is 22.6 Å². The fourth-order valence-corrected chi connectivity index (χ4v) is 3.88. The van der Waals surface area contributed by atoms with E-state index >= 15 is 0 Å². The fourth-order valence-electron chi connectivity index (χ4n) is 3.08. The highest BCUT2D eigenvalue weighted by Gasteiger charge is 2.67. The van der Waals surface area contributed by atoms with Crippen molar-refractivity contribution in [2.24, 2.45) is 16.7 Å². The zero-order valence-corrected chi connectivity index (χ0v) is 12.3. The van der Waals surface area contributed by atoms with Crippen molar-refractivity contribution < 1.29 is 9.13 Å². The van der Waals surface area contributed by atoms with Crippen LogP contribution >= 0.6 is 11.6 Å². The first-order valence-corrected chi connectivity index (χ1v) is 6.64. The minimum Gasteiger partial charge on any atom is -0.496 e. The molecule has 0 heterocycles. The van der Waals surface area contributed by atoms with Crippen molar-refractivity contribution in [1.82, 2.24) is 0 Å². The van der Waals surface area contributed by atoms with Gasteiger partial charge in [-0.25, -0.2) is 4.39 Å². The minimum atomic E-state index is -0.271. The maximum atomic E-state index is 13.4. The summed E-state index contributed by atoms with van der Waals surface area (Å²) in [7, 11) is 1.59. The molecule has 0 radical (unpaired) electrons. The molecule has 1 aromatic rings. The van der Waals surface area contributed by atoms with Gasteiger partial charge in [-0.05, 0) is 34.9 Å². The average molecular weight is 271 g/mol. The van der Waals surface area contributed by atoms with Crippen LogP contribution in [0.1, 0.15) is 38.6 Å². The van der Waals surface area contributed by atoms with E-state index in [9.17, 15) is 4.39 Å². The standard InChI is InChI=1S/C15H20ClFO/c1-14(2)13(15(14,3)4)12(16)10-8-9(17)6-7-11(10)18-5/h6-8,12-13H,1-5H3. The van der Waals surface area contributed by atoms with Crippen molar-refractivity contribution in [1.29, 1.82) is 0 Å². The summed E-state index contributed by atoms with van der Waals surface area (Å²) in [6, 6.07) is 4.53. The Morgan fingerprint density at radius 3 is 2.22 bits per heavy atom. The third-order valence-corrected chi connectivity index (χ3v) is 5.40. The summed E-state index contributed by atoms with van der Waals surface area (Å²) in [6.07, 6.45) is 0. The Morgan fingerprint density at radius 2 is 1.78 bits per heavy atom. The van der Waals surface area contributed by atoms with Crippen LogP contribution in [0.3, 0.4) is 0 Å². The summed E-state index contributed by atoms with van der Waals surface area (Å²) in [4.78, 5) is 0. The summed E-state index contributed by atoms with van der Waals surface area (Å²) >= 11 is 6.58. The van der Waals surface area contributed by atoms with Gasteiger partial charge in [0.15, 0.2) is 0 Å². The Labute approximate surface area is 113 Å². The van der Waals surface area contributed by atoms with E-state index in [1.165, 1.54) is 12.1 Å². The van der Waals surface area contributed by atoms with Crippen LogP contribution in [0.4, 0.5) is 4.39 Å². The van der Waals surface area contributed by atoms with Gasteiger partial charge in [-0.15, -0.1) is 11.6 Å². The summed E-state index contributed by atoms with van der Waals surface area (Å²) in [5.74, 6) is 0.713. The Balaban J connectivity index is 2.36. The van der Waals surface area contributed by atoms with Crippen LogP contribution in [0.15, 0.2) is 18.2 Å². The minimum absolute atomic E-state index is 0.163. The molecule has 1 unspecified atom stereocenters. The molecule has 1 aromatic carbocycles. The van der Waals surface area contributed by atoms with Gasteiger partial charge in [0, 0.05) is 5.56 Å². The zero-order valence-electron chi connectivity index (χ0n) is 11.6. The molecule has 0 bridgehead atoms. The lowest BCUT2D eigenvalue weighted by atomic mass is 10.0. The third-order valence-electron chi connectivity index (χ3n) is 4.91. The molecule has 18 heavy (non-hydrogen) atoms. The smallest absolute Gasteiger partial charge is 0.123 e.